The number of piperidine rings is 1. The number of aliphatic hydroxyl groups excluding tert-OH is 1. The van der Waals surface area contributed by atoms with Gasteiger partial charge in [0.1, 0.15) is 0 Å². The first-order chi connectivity index (χ1) is 9.22. The summed E-state index contributed by atoms with van der Waals surface area (Å²) in [5.74, 6) is 0. The molecule has 0 aromatic rings. The summed E-state index contributed by atoms with van der Waals surface area (Å²) in [6.07, 6.45) is 2.51. The highest BCUT2D eigenvalue weighted by molar-refractivity contribution is 4.83. The average Bonchev–Trinajstić information content (AvgIpc) is 2.35. The Morgan fingerprint density at radius 2 is 1.75 bits per heavy atom. The molecule has 1 fully saturated rings. The third-order valence-corrected chi connectivity index (χ3v) is 3.73. The monoisotopic (exact) mass is 286 g/mol. The summed E-state index contributed by atoms with van der Waals surface area (Å²) in [6.45, 7) is 16.3. The predicted molar refractivity (Wildman–Crippen MR) is 84.0 cm³/mol. The van der Waals surface area contributed by atoms with Gasteiger partial charge in [-0.3, -0.25) is 0 Å². The van der Waals surface area contributed by atoms with Crippen molar-refractivity contribution in [1.29, 1.82) is 0 Å². The van der Waals surface area contributed by atoms with E-state index in [0.717, 1.165) is 39.0 Å². The van der Waals surface area contributed by atoms with Crippen LogP contribution in [-0.4, -0.2) is 61.0 Å². The summed E-state index contributed by atoms with van der Waals surface area (Å²) in [5, 5.41) is 12.4. The highest BCUT2D eigenvalue weighted by Crippen LogP contribution is 2.21. The Balaban J connectivity index is 2.27. The molecule has 4 nitrogen and oxygen atoms in total. The van der Waals surface area contributed by atoms with Crippen molar-refractivity contribution in [3.63, 3.8) is 0 Å². The van der Waals surface area contributed by atoms with Gasteiger partial charge in [0.25, 0.3) is 0 Å². The van der Waals surface area contributed by atoms with Crippen LogP contribution < -0.4 is 5.32 Å². The zero-order valence-electron chi connectivity index (χ0n) is 14.0. The molecule has 0 radical (unpaired) electrons. The average molecular weight is 286 g/mol. The van der Waals surface area contributed by atoms with Crippen LogP contribution in [0.5, 0.6) is 0 Å². The lowest BCUT2D eigenvalue weighted by molar-refractivity contribution is -0.0132. The third kappa shape index (κ3) is 7.58. The van der Waals surface area contributed by atoms with Crippen molar-refractivity contribution in [2.24, 2.45) is 5.41 Å². The number of ether oxygens (including phenoxy) is 1. The van der Waals surface area contributed by atoms with E-state index in [1.165, 1.54) is 0 Å². The van der Waals surface area contributed by atoms with Crippen LogP contribution in [-0.2, 0) is 4.74 Å². The van der Waals surface area contributed by atoms with E-state index < -0.39 is 0 Å². The molecule has 120 valence electrons. The summed E-state index contributed by atoms with van der Waals surface area (Å²) in [5.41, 5.74) is 0.467. The number of aliphatic hydroxyl groups is 1. The highest BCUT2D eigenvalue weighted by atomic mass is 16.5. The lowest BCUT2D eigenvalue weighted by Crippen LogP contribution is -2.48. The molecule has 1 aliphatic heterocycles. The van der Waals surface area contributed by atoms with Gasteiger partial charge in [0.05, 0.1) is 19.3 Å². The van der Waals surface area contributed by atoms with Crippen molar-refractivity contribution >= 4 is 0 Å². The zero-order chi connectivity index (χ0) is 15.2. The Morgan fingerprint density at radius 3 is 2.25 bits per heavy atom. The Hall–Kier alpha value is -0.160. The van der Waals surface area contributed by atoms with Crippen LogP contribution in [0.1, 0.15) is 47.5 Å². The van der Waals surface area contributed by atoms with Crippen LogP contribution in [0.3, 0.4) is 0 Å². The quantitative estimate of drug-likeness (QED) is 0.750. The van der Waals surface area contributed by atoms with Gasteiger partial charge in [-0.2, -0.15) is 0 Å². The predicted octanol–water partition coefficient (Wildman–Crippen LogP) is 1.87. The molecular formula is C16H34N2O2. The van der Waals surface area contributed by atoms with E-state index in [0.29, 0.717) is 12.7 Å². The maximum Gasteiger partial charge on any atom is 0.0701 e. The van der Waals surface area contributed by atoms with E-state index in [4.69, 9.17) is 9.84 Å². The molecule has 0 spiro atoms. The van der Waals surface area contributed by atoms with Gasteiger partial charge < -0.3 is 20.1 Å². The maximum absolute atomic E-state index is 8.78. The second-order valence-corrected chi connectivity index (χ2v) is 7.84. The minimum absolute atomic E-state index is 0.131. The van der Waals surface area contributed by atoms with Crippen LogP contribution in [0.15, 0.2) is 0 Å². The zero-order valence-corrected chi connectivity index (χ0v) is 14.0. The van der Waals surface area contributed by atoms with Crippen molar-refractivity contribution in [1.82, 2.24) is 10.2 Å². The van der Waals surface area contributed by atoms with E-state index in [1.54, 1.807) is 0 Å². The first-order valence-electron chi connectivity index (χ1n) is 7.92. The van der Waals surface area contributed by atoms with Crippen molar-refractivity contribution < 1.29 is 9.84 Å². The van der Waals surface area contributed by atoms with Crippen molar-refractivity contribution in [2.45, 2.75) is 59.1 Å². The van der Waals surface area contributed by atoms with Crippen molar-refractivity contribution in [3.05, 3.63) is 0 Å². The van der Waals surface area contributed by atoms with Crippen molar-refractivity contribution in [3.8, 4) is 0 Å². The maximum atomic E-state index is 8.78. The van der Waals surface area contributed by atoms with E-state index >= 15 is 0 Å². The van der Waals surface area contributed by atoms with E-state index in [2.05, 4.69) is 44.8 Å². The number of likely N-dealkylation sites (tertiary alicyclic amines) is 1. The molecule has 1 saturated heterocycles. The minimum Gasteiger partial charge on any atom is -0.394 e. The Bertz CT molecular complexity index is 266. The first-order valence-corrected chi connectivity index (χ1v) is 7.92. The SMILES string of the molecule is CC(C)(CNC(C)(C)C)CN1CCC(OCCO)CC1. The van der Waals surface area contributed by atoms with Crippen LogP contribution in [0.25, 0.3) is 0 Å². The fourth-order valence-corrected chi connectivity index (χ4v) is 2.62. The summed E-state index contributed by atoms with van der Waals surface area (Å²) in [7, 11) is 0. The fraction of sp³-hybridized carbons (Fsp3) is 1.00. The molecule has 1 heterocycles. The molecule has 1 aliphatic rings. The molecule has 0 unspecified atom stereocenters. The van der Waals surface area contributed by atoms with Gasteiger partial charge in [-0.15, -0.1) is 0 Å². The lowest BCUT2D eigenvalue weighted by atomic mass is 9.90. The largest absolute Gasteiger partial charge is 0.394 e. The standard InChI is InChI=1S/C16H34N2O2/c1-15(2,3)17-12-16(4,5)13-18-8-6-14(7-9-18)20-11-10-19/h14,17,19H,6-13H2,1-5H3. The molecule has 0 aliphatic carbocycles. The van der Waals surface area contributed by atoms with Crippen LogP contribution >= 0.6 is 0 Å². The van der Waals surface area contributed by atoms with Gasteiger partial charge >= 0.3 is 0 Å². The van der Waals surface area contributed by atoms with Gasteiger partial charge in [0.2, 0.25) is 0 Å². The topological polar surface area (TPSA) is 44.7 Å². The molecular weight excluding hydrogens is 252 g/mol. The Labute approximate surface area is 124 Å². The summed E-state index contributed by atoms with van der Waals surface area (Å²) < 4.78 is 5.61. The van der Waals surface area contributed by atoms with Crippen molar-refractivity contribution in [2.75, 3.05) is 39.4 Å². The highest BCUT2D eigenvalue weighted by Gasteiger charge is 2.27. The minimum atomic E-state index is 0.131. The molecule has 20 heavy (non-hydrogen) atoms. The molecule has 2 N–H and O–H groups in total. The van der Waals surface area contributed by atoms with Gasteiger partial charge in [0, 0.05) is 31.7 Å². The number of hydrogen-bond acceptors (Lipinski definition) is 4. The number of hydrogen-bond donors (Lipinski definition) is 2. The summed E-state index contributed by atoms with van der Waals surface area (Å²) in [4.78, 5) is 2.54. The molecule has 0 aromatic heterocycles. The molecule has 1 rings (SSSR count). The number of nitrogens with one attached hydrogen (secondary N) is 1. The van der Waals surface area contributed by atoms with E-state index in [1.807, 2.05) is 0 Å². The summed E-state index contributed by atoms with van der Waals surface area (Å²) in [6, 6.07) is 0. The summed E-state index contributed by atoms with van der Waals surface area (Å²) >= 11 is 0. The molecule has 0 aromatic carbocycles. The van der Waals surface area contributed by atoms with Gasteiger partial charge in [-0.1, -0.05) is 13.8 Å². The Morgan fingerprint density at radius 1 is 1.15 bits per heavy atom. The fourth-order valence-electron chi connectivity index (χ4n) is 2.62. The van der Waals surface area contributed by atoms with Crippen LogP contribution in [0.4, 0.5) is 0 Å². The molecule has 0 saturated carbocycles. The second kappa shape index (κ2) is 7.74. The lowest BCUT2D eigenvalue weighted by Gasteiger charge is -2.38. The van der Waals surface area contributed by atoms with Crippen LogP contribution in [0, 0.1) is 5.41 Å². The third-order valence-electron chi connectivity index (χ3n) is 3.73. The molecule has 0 amide bonds. The van der Waals surface area contributed by atoms with Crippen LogP contribution in [0.2, 0.25) is 0 Å². The number of nitrogens with zero attached hydrogens (tertiary/aromatic N) is 1. The Kier molecular flexibility index (Phi) is 6.92. The van der Waals surface area contributed by atoms with E-state index in [-0.39, 0.29) is 17.6 Å². The second-order valence-electron chi connectivity index (χ2n) is 7.84. The smallest absolute Gasteiger partial charge is 0.0701 e. The van der Waals surface area contributed by atoms with Gasteiger partial charge in [-0.05, 0) is 39.0 Å². The van der Waals surface area contributed by atoms with E-state index in [9.17, 15) is 0 Å². The number of rotatable bonds is 7. The van der Waals surface area contributed by atoms with Gasteiger partial charge in [-0.25, -0.2) is 0 Å². The molecule has 0 bridgehead atoms. The van der Waals surface area contributed by atoms with Gasteiger partial charge in [0.15, 0.2) is 0 Å². The normalized spacial score (nSPS) is 19.5. The first kappa shape index (κ1) is 17.9. The molecule has 4 heteroatoms. The molecule has 0 atom stereocenters.